The van der Waals surface area contributed by atoms with Gasteiger partial charge in [-0.2, -0.15) is 0 Å². The fraction of sp³-hybridized carbons (Fsp3) is 0.409. The van der Waals surface area contributed by atoms with Gasteiger partial charge in [-0.15, -0.1) is 0 Å². The van der Waals surface area contributed by atoms with Crippen LogP contribution in [0.25, 0.3) is 0 Å². The van der Waals surface area contributed by atoms with Crippen LogP contribution in [0.1, 0.15) is 30.9 Å². The minimum atomic E-state index is -0.983. The van der Waals surface area contributed by atoms with E-state index >= 15 is 0 Å². The minimum Gasteiger partial charge on any atom is -0.390 e. The molecule has 0 spiro atoms. The predicted molar refractivity (Wildman–Crippen MR) is 104 cm³/mol. The molecule has 1 amide bonds. The van der Waals surface area contributed by atoms with Crippen molar-refractivity contribution in [1.82, 2.24) is 10.6 Å². The van der Waals surface area contributed by atoms with Crippen LogP contribution < -0.4 is 10.6 Å². The molecule has 1 saturated carbocycles. The molecule has 0 heterocycles. The molecule has 0 bridgehead atoms. The number of aliphatic hydroxyl groups is 1. The average molecular weight is 406 g/mol. The Balaban J connectivity index is 1.63. The summed E-state index contributed by atoms with van der Waals surface area (Å²) in [6.45, 7) is 1.48. The number of carbonyl (C=O) groups is 1. The number of hydrogen-bond donors (Lipinski definition) is 3. The van der Waals surface area contributed by atoms with Crippen molar-refractivity contribution < 1.29 is 23.1 Å². The smallest absolute Gasteiger partial charge is 0.217 e. The summed E-state index contributed by atoms with van der Waals surface area (Å²) in [5, 5.41) is 16.6. The van der Waals surface area contributed by atoms with Crippen LogP contribution in [-0.2, 0) is 17.6 Å². The lowest BCUT2D eigenvalue weighted by atomic mass is 9.99. The summed E-state index contributed by atoms with van der Waals surface area (Å²) in [6.07, 6.45) is 1.31. The lowest BCUT2D eigenvalue weighted by Crippen LogP contribution is -2.50. The molecular formula is C22H25F3N2O2. The molecule has 1 aliphatic carbocycles. The van der Waals surface area contributed by atoms with Gasteiger partial charge in [0.25, 0.3) is 0 Å². The van der Waals surface area contributed by atoms with Crippen LogP contribution in [0.3, 0.4) is 0 Å². The third kappa shape index (κ3) is 6.05. The maximum Gasteiger partial charge on any atom is 0.217 e. The fourth-order valence-electron chi connectivity index (χ4n) is 3.56. The first-order chi connectivity index (χ1) is 13.8. The van der Waals surface area contributed by atoms with Crippen LogP contribution >= 0.6 is 0 Å². The summed E-state index contributed by atoms with van der Waals surface area (Å²) >= 11 is 0. The molecule has 29 heavy (non-hydrogen) atoms. The summed E-state index contributed by atoms with van der Waals surface area (Å²) in [4.78, 5) is 11.5. The molecule has 2 unspecified atom stereocenters. The number of carbonyl (C=O) groups excluding carboxylic acids is 1. The number of rotatable bonds is 9. The second-order valence-corrected chi connectivity index (χ2v) is 7.79. The molecule has 2 atom stereocenters. The van der Waals surface area contributed by atoms with Crippen molar-refractivity contribution in [3.8, 4) is 0 Å². The predicted octanol–water partition coefficient (Wildman–Crippen LogP) is 2.88. The first kappa shape index (κ1) is 21.3. The lowest BCUT2D eigenvalue weighted by molar-refractivity contribution is -0.120. The highest BCUT2D eigenvalue weighted by Gasteiger charge is 2.43. The van der Waals surface area contributed by atoms with Gasteiger partial charge in [0.05, 0.1) is 12.1 Å². The SMILES string of the molecule is CC(=O)NC(Cc1cc(F)cc(F)c1)C(O)CNC1(Cc2ccccc2F)CC1. The van der Waals surface area contributed by atoms with Gasteiger partial charge in [-0.25, -0.2) is 13.2 Å². The highest BCUT2D eigenvalue weighted by Crippen LogP contribution is 2.39. The molecule has 2 aromatic rings. The molecule has 0 saturated heterocycles. The molecule has 0 aliphatic heterocycles. The molecule has 0 aromatic heterocycles. The highest BCUT2D eigenvalue weighted by molar-refractivity contribution is 5.73. The highest BCUT2D eigenvalue weighted by atomic mass is 19.1. The van der Waals surface area contributed by atoms with Crippen LogP contribution in [0.5, 0.6) is 0 Å². The zero-order valence-electron chi connectivity index (χ0n) is 16.2. The second-order valence-electron chi connectivity index (χ2n) is 7.79. The van der Waals surface area contributed by atoms with Crippen molar-refractivity contribution >= 4 is 5.91 Å². The molecule has 7 heteroatoms. The fourth-order valence-corrected chi connectivity index (χ4v) is 3.56. The summed E-state index contributed by atoms with van der Waals surface area (Å²) in [7, 11) is 0. The lowest BCUT2D eigenvalue weighted by Gasteiger charge is -2.27. The Morgan fingerprint density at radius 3 is 2.38 bits per heavy atom. The van der Waals surface area contributed by atoms with Crippen molar-refractivity contribution in [2.24, 2.45) is 0 Å². The van der Waals surface area contributed by atoms with Crippen molar-refractivity contribution in [3.05, 3.63) is 71.0 Å². The first-order valence-electron chi connectivity index (χ1n) is 9.65. The van der Waals surface area contributed by atoms with Crippen LogP contribution in [0.2, 0.25) is 0 Å². The van der Waals surface area contributed by atoms with Gasteiger partial charge >= 0.3 is 0 Å². The van der Waals surface area contributed by atoms with E-state index in [4.69, 9.17) is 0 Å². The molecule has 156 valence electrons. The Bertz CT molecular complexity index is 851. The summed E-state index contributed by atoms with van der Waals surface area (Å²) in [5.74, 6) is -2.03. The van der Waals surface area contributed by atoms with Crippen molar-refractivity contribution in [2.45, 2.75) is 50.3 Å². The van der Waals surface area contributed by atoms with Gasteiger partial charge < -0.3 is 15.7 Å². The Morgan fingerprint density at radius 2 is 1.79 bits per heavy atom. The average Bonchev–Trinajstić information content (AvgIpc) is 3.40. The number of benzene rings is 2. The summed E-state index contributed by atoms with van der Waals surface area (Å²) < 4.78 is 40.9. The second kappa shape index (κ2) is 8.97. The topological polar surface area (TPSA) is 61.4 Å². The van der Waals surface area contributed by atoms with Crippen LogP contribution in [0.15, 0.2) is 42.5 Å². The van der Waals surface area contributed by atoms with Gasteiger partial charge in [-0.3, -0.25) is 4.79 Å². The van der Waals surface area contributed by atoms with Crippen molar-refractivity contribution in [3.63, 3.8) is 0 Å². The Morgan fingerprint density at radius 1 is 1.14 bits per heavy atom. The van der Waals surface area contributed by atoms with Crippen LogP contribution in [-0.4, -0.2) is 35.2 Å². The maximum absolute atomic E-state index is 13.9. The summed E-state index contributed by atoms with van der Waals surface area (Å²) in [6, 6.07) is 9.01. The number of aliphatic hydroxyl groups excluding tert-OH is 1. The number of nitrogens with one attached hydrogen (secondary N) is 2. The van der Waals surface area contributed by atoms with E-state index in [-0.39, 0.29) is 30.2 Å². The quantitative estimate of drug-likeness (QED) is 0.600. The molecule has 3 rings (SSSR count). The zero-order valence-corrected chi connectivity index (χ0v) is 16.2. The molecular weight excluding hydrogens is 381 g/mol. The first-order valence-corrected chi connectivity index (χ1v) is 9.65. The largest absolute Gasteiger partial charge is 0.390 e. The molecule has 1 fully saturated rings. The van der Waals surface area contributed by atoms with Gasteiger partial charge in [-0.05, 0) is 55.0 Å². The number of β-amino-alcohol motifs (C(OH)–C–C–N with tert-alkyl or cyclic N) is 1. The molecule has 1 aliphatic rings. The van der Waals surface area contributed by atoms with E-state index in [0.717, 1.165) is 18.9 Å². The van der Waals surface area contributed by atoms with Crippen LogP contribution in [0.4, 0.5) is 13.2 Å². The normalized spacial score (nSPS) is 16.9. The van der Waals surface area contributed by atoms with E-state index in [2.05, 4.69) is 10.6 Å². The molecule has 0 radical (unpaired) electrons. The van der Waals surface area contributed by atoms with Gasteiger partial charge in [0.15, 0.2) is 0 Å². The Labute approximate surface area is 168 Å². The monoisotopic (exact) mass is 406 g/mol. The van der Waals surface area contributed by atoms with E-state index in [0.29, 0.717) is 17.5 Å². The Kier molecular flexibility index (Phi) is 6.59. The standard InChI is InChI=1S/C22H25F3N2O2/c1-14(28)27-20(10-15-8-17(23)11-18(24)9-15)21(29)13-26-22(6-7-22)12-16-4-2-3-5-19(16)25/h2-5,8-9,11,20-21,26,29H,6-7,10,12-13H2,1H3,(H,27,28). The van der Waals surface area contributed by atoms with Gasteiger partial charge in [0.1, 0.15) is 17.5 Å². The maximum atomic E-state index is 13.9. The van der Waals surface area contributed by atoms with E-state index in [1.54, 1.807) is 18.2 Å². The van der Waals surface area contributed by atoms with Crippen molar-refractivity contribution in [2.75, 3.05) is 6.54 Å². The van der Waals surface area contributed by atoms with E-state index in [1.807, 2.05) is 0 Å². The number of hydrogen-bond acceptors (Lipinski definition) is 3. The van der Waals surface area contributed by atoms with Gasteiger partial charge in [0, 0.05) is 25.1 Å². The minimum absolute atomic E-state index is 0.0808. The molecule has 3 N–H and O–H groups in total. The van der Waals surface area contributed by atoms with Gasteiger partial charge in [-0.1, -0.05) is 18.2 Å². The summed E-state index contributed by atoms with van der Waals surface area (Å²) in [5.41, 5.74) is 0.669. The Hall–Kier alpha value is -2.38. The number of halogens is 3. The van der Waals surface area contributed by atoms with E-state index in [1.165, 1.54) is 25.1 Å². The molecule has 2 aromatic carbocycles. The van der Waals surface area contributed by atoms with Crippen LogP contribution in [0, 0.1) is 17.5 Å². The van der Waals surface area contributed by atoms with E-state index < -0.39 is 23.8 Å². The van der Waals surface area contributed by atoms with Crippen molar-refractivity contribution in [1.29, 1.82) is 0 Å². The van der Waals surface area contributed by atoms with Gasteiger partial charge in [0.2, 0.25) is 5.91 Å². The third-order valence-corrected chi connectivity index (χ3v) is 5.26. The molecule has 4 nitrogen and oxygen atoms in total. The van der Waals surface area contributed by atoms with E-state index in [9.17, 15) is 23.1 Å². The third-order valence-electron chi connectivity index (χ3n) is 5.26. The zero-order chi connectivity index (χ0) is 21.0. The number of amides is 1.